The molecule has 0 radical (unpaired) electrons. The molecule has 1 aromatic heterocycles. The molecule has 146 valence electrons. The Morgan fingerprint density at radius 1 is 1.48 bits per heavy atom. The number of nitrogens with zero attached hydrogens (tertiary/aromatic N) is 3. The van der Waals surface area contributed by atoms with Crippen LogP contribution in [0.4, 0.5) is 0 Å². The number of aryl methyl sites for hydroxylation is 1. The minimum Gasteiger partial charge on any atom is -0.360 e. The smallest absolute Gasteiger partial charge is 0.230 e. The molecule has 1 N–H and O–H groups in total. The van der Waals surface area contributed by atoms with Crippen LogP contribution in [-0.2, 0) is 20.9 Å². The van der Waals surface area contributed by atoms with E-state index in [2.05, 4.69) is 30.7 Å². The van der Waals surface area contributed by atoms with E-state index in [0.29, 0.717) is 19.6 Å². The third-order valence-corrected chi connectivity index (χ3v) is 5.65. The highest BCUT2D eigenvalue weighted by Crippen LogP contribution is 2.52. The lowest BCUT2D eigenvalue weighted by Crippen LogP contribution is -2.45. The molecule has 7 nitrogen and oxygen atoms in total. The third-order valence-electron chi connectivity index (χ3n) is 5.65. The number of aromatic amines is 1. The van der Waals surface area contributed by atoms with Crippen LogP contribution in [0.25, 0.3) is 0 Å². The van der Waals surface area contributed by atoms with Crippen LogP contribution in [0.5, 0.6) is 0 Å². The summed E-state index contributed by atoms with van der Waals surface area (Å²) in [4.78, 5) is 37.3. The Morgan fingerprint density at radius 2 is 2.22 bits per heavy atom. The van der Waals surface area contributed by atoms with E-state index in [0.717, 1.165) is 11.5 Å². The van der Waals surface area contributed by atoms with Crippen molar-refractivity contribution in [3.63, 3.8) is 0 Å². The molecule has 27 heavy (non-hydrogen) atoms. The fraction of sp³-hybridized carbons (Fsp3) is 0.650. The maximum atomic E-state index is 13.2. The zero-order valence-electron chi connectivity index (χ0n) is 16.7. The average molecular weight is 372 g/mol. The predicted molar refractivity (Wildman–Crippen MR) is 99.6 cm³/mol. The maximum absolute atomic E-state index is 13.2. The Balaban J connectivity index is 1.54. The Morgan fingerprint density at radius 3 is 2.85 bits per heavy atom. The molecule has 0 saturated carbocycles. The summed E-state index contributed by atoms with van der Waals surface area (Å²) in [6.45, 7) is 9.85. The number of ether oxygens (including phenoxy) is 1. The number of amides is 2. The fourth-order valence-electron chi connectivity index (χ4n) is 4.67. The number of carbonyl (C=O) groups is 2. The maximum Gasteiger partial charge on any atom is 0.230 e. The number of imidazole rings is 1. The zero-order valence-corrected chi connectivity index (χ0v) is 16.7. The zero-order chi connectivity index (χ0) is 19.6. The summed E-state index contributed by atoms with van der Waals surface area (Å²) in [5.74, 6) is -0.171. The lowest BCUT2D eigenvalue weighted by Gasteiger charge is -2.29. The molecule has 2 fully saturated rings. The first-order valence-electron chi connectivity index (χ1n) is 9.51. The number of hydrogen-bond acceptors (Lipinski definition) is 4. The molecule has 1 aromatic rings. The summed E-state index contributed by atoms with van der Waals surface area (Å²) in [7, 11) is 1.76. The monoisotopic (exact) mass is 372 g/mol. The standard InChI is InChI=1S/C20H28N4O3/c1-12-8-21-14(22-12)9-23(5)17(25)15-13-6-7-20(27-13)11-24(10-19(2,3)4)18(26)16(15)20/h6-8,13,15-16H,9-11H2,1-5H3,(H,21,22)/t13-,15?,16?,20-/m0/s1. The summed E-state index contributed by atoms with van der Waals surface area (Å²) in [5, 5.41) is 0. The van der Waals surface area contributed by atoms with Crippen LogP contribution >= 0.6 is 0 Å². The fourth-order valence-corrected chi connectivity index (χ4v) is 4.67. The SMILES string of the molecule is Cc1cnc(CN(C)C(=O)C2C3C(=O)N(CC(C)(C)C)C[C@@]34C=C[C@@H]2O4)[nH]1. The van der Waals surface area contributed by atoms with Gasteiger partial charge in [-0.2, -0.15) is 0 Å². The van der Waals surface area contributed by atoms with Crippen LogP contribution in [0, 0.1) is 24.2 Å². The lowest BCUT2D eigenvalue weighted by atomic mass is 9.76. The second-order valence-electron chi connectivity index (χ2n) is 9.36. The van der Waals surface area contributed by atoms with Crippen LogP contribution in [0.3, 0.4) is 0 Å². The van der Waals surface area contributed by atoms with Gasteiger partial charge in [0.1, 0.15) is 11.4 Å². The molecule has 2 unspecified atom stereocenters. The van der Waals surface area contributed by atoms with E-state index < -0.39 is 17.4 Å². The van der Waals surface area contributed by atoms with Crippen molar-refractivity contribution < 1.29 is 14.3 Å². The summed E-state index contributed by atoms with van der Waals surface area (Å²) < 4.78 is 6.19. The Hall–Kier alpha value is -2.15. The molecule has 4 heterocycles. The number of hydrogen-bond donors (Lipinski definition) is 1. The van der Waals surface area contributed by atoms with E-state index in [1.54, 1.807) is 18.1 Å². The van der Waals surface area contributed by atoms with Crippen LogP contribution < -0.4 is 0 Å². The average Bonchev–Trinajstić information content (AvgIpc) is 3.28. The molecule has 2 amide bonds. The molecular weight excluding hydrogens is 344 g/mol. The van der Waals surface area contributed by atoms with Crippen molar-refractivity contribution in [2.75, 3.05) is 20.1 Å². The van der Waals surface area contributed by atoms with Crippen molar-refractivity contribution in [2.45, 2.75) is 45.9 Å². The second-order valence-corrected chi connectivity index (χ2v) is 9.36. The van der Waals surface area contributed by atoms with Crippen LogP contribution in [0.2, 0.25) is 0 Å². The molecule has 4 atom stereocenters. The number of likely N-dealkylation sites (tertiary alicyclic amines) is 1. The molecule has 3 aliphatic rings. The highest BCUT2D eigenvalue weighted by molar-refractivity contribution is 5.93. The second kappa shape index (κ2) is 5.92. The minimum absolute atomic E-state index is 0.000100. The van der Waals surface area contributed by atoms with E-state index in [9.17, 15) is 9.59 Å². The molecule has 4 rings (SSSR count). The topological polar surface area (TPSA) is 78.5 Å². The molecule has 2 bridgehead atoms. The molecule has 7 heteroatoms. The first-order chi connectivity index (χ1) is 12.6. The summed E-state index contributed by atoms with van der Waals surface area (Å²) in [6, 6.07) is 0. The molecule has 2 saturated heterocycles. The van der Waals surface area contributed by atoms with E-state index >= 15 is 0 Å². The van der Waals surface area contributed by atoms with E-state index in [1.165, 1.54) is 0 Å². The van der Waals surface area contributed by atoms with Gasteiger partial charge in [-0.1, -0.05) is 32.9 Å². The van der Waals surface area contributed by atoms with Gasteiger partial charge in [-0.3, -0.25) is 9.59 Å². The largest absolute Gasteiger partial charge is 0.360 e. The van der Waals surface area contributed by atoms with Crippen molar-refractivity contribution >= 4 is 11.8 Å². The Labute approximate surface area is 159 Å². The molecule has 3 aliphatic heterocycles. The quantitative estimate of drug-likeness (QED) is 0.813. The highest BCUT2D eigenvalue weighted by atomic mass is 16.5. The molecule has 0 aliphatic carbocycles. The van der Waals surface area contributed by atoms with Gasteiger partial charge in [0.05, 0.1) is 31.0 Å². The highest BCUT2D eigenvalue weighted by Gasteiger charge is 2.67. The van der Waals surface area contributed by atoms with Crippen molar-refractivity contribution in [1.29, 1.82) is 0 Å². The van der Waals surface area contributed by atoms with Gasteiger partial charge in [0, 0.05) is 25.5 Å². The van der Waals surface area contributed by atoms with Gasteiger partial charge >= 0.3 is 0 Å². The number of nitrogens with one attached hydrogen (secondary N) is 1. The van der Waals surface area contributed by atoms with E-state index in [4.69, 9.17) is 4.74 Å². The summed E-state index contributed by atoms with van der Waals surface area (Å²) >= 11 is 0. The minimum atomic E-state index is -0.643. The van der Waals surface area contributed by atoms with Crippen LogP contribution in [-0.4, -0.2) is 63.4 Å². The van der Waals surface area contributed by atoms with Crippen LogP contribution in [0.15, 0.2) is 18.3 Å². The first-order valence-corrected chi connectivity index (χ1v) is 9.51. The van der Waals surface area contributed by atoms with E-state index in [-0.39, 0.29) is 23.3 Å². The van der Waals surface area contributed by atoms with Crippen molar-refractivity contribution in [2.24, 2.45) is 17.3 Å². The van der Waals surface area contributed by atoms with Gasteiger partial charge in [0.15, 0.2) is 0 Å². The molecule has 1 spiro atoms. The first kappa shape index (κ1) is 18.2. The van der Waals surface area contributed by atoms with Gasteiger partial charge in [-0.05, 0) is 12.3 Å². The third kappa shape index (κ3) is 2.98. The van der Waals surface area contributed by atoms with Gasteiger partial charge < -0.3 is 19.5 Å². The van der Waals surface area contributed by atoms with Crippen molar-refractivity contribution in [1.82, 2.24) is 19.8 Å². The number of rotatable bonds is 4. The van der Waals surface area contributed by atoms with Crippen molar-refractivity contribution in [3.8, 4) is 0 Å². The van der Waals surface area contributed by atoms with Crippen molar-refractivity contribution in [3.05, 3.63) is 29.9 Å². The lowest BCUT2D eigenvalue weighted by molar-refractivity contribution is -0.143. The Bertz CT molecular complexity index is 808. The molecular formula is C20H28N4O3. The number of H-pyrrole nitrogens is 1. The van der Waals surface area contributed by atoms with Gasteiger partial charge in [-0.25, -0.2) is 4.98 Å². The summed E-state index contributed by atoms with van der Waals surface area (Å²) in [6.07, 6.45) is 5.39. The normalized spacial score (nSPS) is 31.7. The predicted octanol–water partition coefficient (Wildman–Crippen LogP) is 1.50. The Kier molecular flexibility index (Phi) is 4.00. The number of fused-ring (bicyclic) bond motifs is 1. The van der Waals surface area contributed by atoms with Gasteiger partial charge in [-0.15, -0.1) is 0 Å². The van der Waals surface area contributed by atoms with Gasteiger partial charge in [0.25, 0.3) is 0 Å². The van der Waals surface area contributed by atoms with E-state index in [1.807, 2.05) is 24.0 Å². The number of carbonyl (C=O) groups excluding carboxylic acids is 2. The number of aromatic nitrogens is 2. The van der Waals surface area contributed by atoms with Crippen LogP contribution in [0.1, 0.15) is 32.3 Å². The van der Waals surface area contributed by atoms with Gasteiger partial charge in [0.2, 0.25) is 11.8 Å². The molecule has 0 aromatic carbocycles. The summed E-state index contributed by atoms with van der Waals surface area (Å²) in [5.41, 5.74) is 0.315.